The largest absolute Gasteiger partial charge is 0.478 e. The van der Waals surface area contributed by atoms with Crippen molar-refractivity contribution in [2.45, 2.75) is 37.5 Å². The zero-order chi connectivity index (χ0) is 19.4. The minimum absolute atomic E-state index is 0.200. The Morgan fingerprint density at radius 3 is 2.19 bits per heavy atom. The van der Waals surface area contributed by atoms with Crippen LogP contribution in [0.1, 0.15) is 41.6 Å². The number of likely N-dealkylation sites (tertiary alicyclic amines) is 1. The van der Waals surface area contributed by atoms with Gasteiger partial charge in [-0.25, -0.2) is 22.3 Å². The summed E-state index contributed by atoms with van der Waals surface area (Å²) in [6.07, 6.45) is 2.76. The summed E-state index contributed by atoms with van der Waals surface area (Å²) < 4.78 is 26.8. The van der Waals surface area contributed by atoms with E-state index in [-0.39, 0.29) is 11.6 Å². The lowest BCUT2D eigenvalue weighted by atomic mass is 10.1. The molecule has 2 saturated heterocycles. The molecule has 0 bridgehead atoms. The monoisotopic (exact) mass is 395 g/mol. The van der Waals surface area contributed by atoms with E-state index < -0.39 is 21.2 Å². The molecule has 27 heavy (non-hydrogen) atoms. The first-order chi connectivity index (χ1) is 12.9. The van der Waals surface area contributed by atoms with Gasteiger partial charge in [0.2, 0.25) is 10.0 Å². The van der Waals surface area contributed by atoms with Crippen LogP contribution in [0.2, 0.25) is 0 Å². The van der Waals surface area contributed by atoms with Crippen LogP contribution in [0, 0.1) is 0 Å². The summed E-state index contributed by atoms with van der Waals surface area (Å²) >= 11 is 0. The van der Waals surface area contributed by atoms with Crippen LogP contribution in [0.5, 0.6) is 0 Å². The van der Waals surface area contributed by atoms with Crippen LogP contribution >= 0.6 is 0 Å². The molecule has 2 amide bonds. The predicted molar refractivity (Wildman–Crippen MR) is 100.0 cm³/mol. The summed E-state index contributed by atoms with van der Waals surface area (Å²) in [6.45, 7) is 2.36. The molecule has 0 aliphatic carbocycles. The van der Waals surface area contributed by atoms with Gasteiger partial charge in [-0.15, -0.1) is 0 Å². The highest BCUT2D eigenvalue weighted by Gasteiger charge is 2.36. The lowest BCUT2D eigenvalue weighted by molar-refractivity contribution is 0.0696. The van der Waals surface area contributed by atoms with Crippen molar-refractivity contribution in [3.63, 3.8) is 0 Å². The fraction of sp³-hybridized carbons (Fsp3) is 0.556. The molecule has 0 saturated carbocycles. The number of hydrogen-bond donors (Lipinski definition) is 2. The maximum Gasteiger partial charge on any atom is 0.335 e. The molecule has 9 heteroatoms. The van der Waals surface area contributed by atoms with Gasteiger partial charge >= 0.3 is 12.0 Å². The maximum atomic E-state index is 12.6. The van der Waals surface area contributed by atoms with E-state index in [1.54, 1.807) is 21.3 Å². The summed E-state index contributed by atoms with van der Waals surface area (Å²) in [5.74, 6) is -0.989. The van der Waals surface area contributed by atoms with Crippen molar-refractivity contribution < 1.29 is 23.1 Å². The number of nitrogens with one attached hydrogen (secondary N) is 1. The Hall–Kier alpha value is -2.13. The van der Waals surface area contributed by atoms with Gasteiger partial charge in [-0.3, -0.25) is 0 Å². The number of carboxylic acids is 1. The number of hydrogen-bond acceptors (Lipinski definition) is 4. The lowest BCUT2D eigenvalue weighted by Gasteiger charge is -2.33. The van der Waals surface area contributed by atoms with Gasteiger partial charge in [-0.2, -0.15) is 0 Å². The molecular formula is C18H25N3O5S. The third-order valence-corrected chi connectivity index (χ3v) is 7.62. The SMILES string of the molecule is O=C(O)c1ccc(CNC(=O)N2CCC(S(=O)(=O)N3CCCC3)CC2)cc1. The molecule has 8 nitrogen and oxygen atoms in total. The molecular weight excluding hydrogens is 370 g/mol. The Morgan fingerprint density at radius 1 is 1.04 bits per heavy atom. The molecule has 3 rings (SSSR count). The van der Waals surface area contributed by atoms with Crippen LogP contribution in [0.25, 0.3) is 0 Å². The second kappa shape index (κ2) is 8.26. The van der Waals surface area contributed by atoms with Crippen LogP contribution in [0.3, 0.4) is 0 Å². The third-order valence-electron chi connectivity index (χ3n) is 5.22. The zero-order valence-electron chi connectivity index (χ0n) is 15.1. The average Bonchev–Trinajstić information content (AvgIpc) is 3.22. The van der Waals surface area contributed by atoms with Gasteiger partial charge in [0.1, 0.15) is 0 Å². The number of amides is 2. The van der Waals surface area contributed by atoms with Gasteiger partial charge in [0, 0.05) is 32.7 Å². The number of urea groups is 1. The van der Waals surface area contributed by atoms with E-state index >= 15 is 0 Å². The highest BCUT2D eigenvalue weighted by atomic mass is 32.2. The number of aromatic carboxylic acids is 1. The van der Waals surface area contributed by atoms with Gasteiger partial charge in [0.05, 0.1) is 10.8 Å². The maximum absolute atomic E-state index is 12.6. The number of benzene rings is 1. The van der Waals surface area contributed by atoms with Gasteiger partial charge in [-0.05, 0) is 43.4 Å². The minimum Gasteiger partial charge on any atom is -0.478 e. The number of carbonyl (C=O) groups excluding carboxylic acids is 1. The molecule has 2 aliphatic rings. The third kappa shape index (κ3) is 4.59. The van der Waals surface area contributed by atoms with Crippen LogP contribution in [0.15, 0.2) is 24.3 Å². The van der Waals surface area contributed by atoms with Crippen molar-refractivity contribution in [1.29, 1.82) is 0 Å². The predicted octanol–water partition coefficient (Wildman–Crippen LogP) is 1.48. The van der Waals surface area contributed by atoms with E-state index in [1.165, 1.54) is 12.1 Å². The minimum atomic E-state index is -3.25. The van der Waals surface area contributed by atoms with E-state index in [2.05, 4.69) is 5.32 Å². The Balaban J connectivity index is 1.47. The van der Waals surface area contributed by atoms with Gasteiger partial charge < -0.3 is 15.3 Å². The van der Waals surface area contributed by atoms with Gasteiger partial charge in [-0.1, -0.05) is 12.1 Å². The number of rotatable bonds is 5. The highest BCUT2D eigenvalue weighted by Crippen LogP contribution is 2.24. The van der Waals surface area contributed by atoms with E-state index in [4.69, 9.17) is 5.11 Å². The molecule has 1 aromatic rings. The molecule has 0 unspecified atom stereocenters. The molecule has 148 valence electrons. The van der Waals surface area contributed by atoms with E-state index in [9.17, 15) is 18.0 Å². The summed E-state index contributed by atoms with van der Waals surface area (Å²) in [7, 11) is -3.25. The Morgan fingerprint density at radius 2 is 1.63 bits per heavy atom. The normalized spacial score (nSPS) is 19.2. The quantitative estimate of drug-likeness (QED) is 0.785. The van der Waals surface area contributed by atoms with Crippen LogP contribution in [0.4, 0.5) is 4.79 Å². The topological polar surface area (TPSA) is 107 Å². The fourth-order valence-corrected chi connectivity index (χ4v) is 5.56. The van der Waals surface area contributed by atoms with E-state index in [0.29, 0.717) is 45.6 Å². The van der Waals surface area contributed by atoms with Crippen molar-refractivity contribution in [1.82, 2.24) is 14.5 Å². The van der Waals surface area contributed by atoms with Crippen molar-refractivity contribution in [2.75, 3.05) is 26.2 Å². The van der Waals surface area contributed by atoms with E-state index in [1.807, 2.05) is 0 Å². The number of carbonyl (C=O) groups is 2. The molecule has 2 heterocycles. The summed E-state index contributed by atoms with van der Waals surface area (Å²) in [5, 5.41) is 11.3. The first-order valence-electron chi connectivity index (χ1n) is 9.22. The van der Waals surface area contributed by atoms with E-state index in [0.717, 1.165) is 18.4 Å². The van der Waals surface area contributed by atoms with Crippen LogP contribution in [-0.4, -0.2) is 66.2 Å². The molecule has 0 spiro atoms. The molecule has 1 aromatic carbocycles. The van der Waals surface area contributed by atoms with Crippen LogP contribution in [-0.2, 0) is 16.6 Å². The van der Waals surface area contributed by atoms with Gasteiger partial charge in [0.15, 0.2) is 0 Å². The summed E-state index contributed by atoms with van der Waals surface area (Å²) in [5.41, 5.74) is 1.01. The number of carboxylic acid groups (broad SMARTS) is 1. The van der Waals surface area contributed by atoms with Crippen molar-refractivity contribution in [3.8, 4) is 0 Å². The van der Waals surface area contributed by atoms with Crippen molar-refractivity contribution >= 4 is 22.0 Å². The lowest BCUT2D eigenvalue weighted by Crippen LogP contribution is -2.48. The smallest absolute Gasteiger partial charge is 0.335 e. The zero-order valence-corrected chi connectivity index (χ0v) is 16.0. The average molecular weight is 395 g/mol. The number of nitrogens with zero attached hydrogens (tertiary/aromatic N) is 2. The standard InChI is InChI=1S/C18H25N3O5S/c22-17(23)15-5-3-14(4-6-15)13-19-18(24)20-11-7-16(8-12-20)27(25,26)21-9-1-2-10-21/h3-6,16H,1-2,7-13H2,(H,19,24)(H,22,23). The van der Waals surface area contributed by atoms with Gasteiger partial charge in [0.25, 0.3) is 0 Å². The van der Waals surface area contributed by atoms with Crippen LogP contribution < -0.4 is 5.32 Å². The fourth-order valence-electron chi connectivity index (χ4n) is 3.56. The molecule has 2 aliphatic heterocycles. The second-order valence-corrected chi connectivity index (χ2v) is 9.21. The van der Waals surface area contributed by atoms with Crippen molar-refractivity contribution in [3.05, 3.63) is 35.4 Å². The Kier molecular flexibility index (Phi) is 6.01. The van der Waals surface area contributed by atoms with Crippen molar-refractivity contribution in [2.24, 2.45) is 0 Å². The number of piperidine rings is 1. The summed E-state index contributed by atoms with van der Waals surface area (Å²) in [4.78, 5) is 24.8. The first-order valence-corrected chi connectivity index (χ1v) is 10.7. The number of sulfonamides is 1. The molecule has 2 N–H and O–H groups in total. The molecule has 0 atom stereocenters. The Labute approximate surface area is 159 Å². The first kappa shape index (κ1) is 19.6. The molecule has 2 fully saturated rings. The highest BCUT2D eigenvalue weighted by molar-refractivity contribution is 7.89. The Bertz CT molecular complexity index is 780. The molecule has 0 radical (unpaired) electrons. The second-order valence-electron chi connectivity index (χ2n) is 7.00. The molecule has 0 aromatic heterocycles. The summed E-state index contributed by atoms with van der Waals surface area (Å²) in [6, 6.07) is 6.10.